The number of nitrogens with one attached hydrogen (secondary N) is 2. The van der Waals surface area contributed by atoms with Crippen LogP contribution >= 0.6 is 11.5 Å². The van der Waals surface area contributed by atoms with Gasteiger partial charge in [-0.1, -0.05) is 47.5 Å². The first kappa shape index (κ1) is 22.3. The molecule has 2 heterocycles. The Kier molecular flexibility index (Phi) is 7.05. The van der Waals surface area contributed by atoms with Gasteiger partial charge in [-0.15, -0.1) is 0 Å². The Hall–Kier alpha value is -2.93. The summed E-state index contributed by atoms with van der Waals surface area (Å²) in [4.78, 5) is 19.4. The molecule has 1 aliphatic heterocycles. The minimum absolute atomic E-state index is 0.135. The molecule has 6 nitrogen and oxygen atoms in total. The van der Waals surface area contributed by atoms with Crippen molar-refractivity contribution in [2.45, 2.75) is 40.0 Å². The van der Waals surface area contributed by atoms with Crippen molar-refractivity contribution in [3.05, 3.63) is 70.5 Å². The van der Waals surface area contributed by atoms with Gasteiger partial charge < -0.3 is 15.5 Å². The lowest BCUT2D eigenvalue weighted by molar-refractivity contribution is 0.248. The van der Waals surface area contributed by atoms with Crippen molar-refractivity contribution in [2.75, 3.05) is 29.9 Å². The van der Waals surface area contributed by atoms with Crippen molar-refractivity contribution >= 4 is 28.4 Å². The van der Waals surface area contributed by atoms with Crippen molar-refractivity contribution in [1.82, 2.24) is 14.7 Å². The van der Waals surface area contributed by atoms with Gasteiger partial charge in [0.15, 0.2) is 0 Å². The van der Waals surface area contributed by atoms with Gasteiger partial charge in [0.2, 0.25) is 5.13 Å². The van der Waals surface area contributed by atoms with E-state index in [2.05, 4.69) is 64.1 Å². The summed E-state index contributed by atoms with van der Waals surface area (Å²) in [5.41, 5.74) is 5.63. The lowest BCUT2D eigenvalue weighted by Gasteiger charge is -2.31. The minimum Gasteiger partial charge on any atom is -0.347 e. The van der Waals surface area contributed by atoms with Gasteiger partial charge in [0, 0.05) is 43.3 Å². The maximum Gasteiger partial charge on any atom is 0.319 e. The van der Waals surface area contributed by atoms with Gasteiger partial charge in [0.1, 0.15) is 5.82 Å². The highest BCUT2D eigenvalue weighted by atomic mass is 32.1. The molecule has 1 fully saturated rings. The molecular weight excluding hydrogens is 418 g/mol. The topological polar surface area (TPSA) is 70.2 Å². The summed E-state index contributed by atoms with van der Waals surface area (Å²) >= 11 is 1.49. The van der Waals surface area contributed by atoms with Crippen LogP contribution in [0.25, 0.3) is 0 Å². The standard InChI is InChI=1S/C25H31N5OS/c1-17-4-7-20(8-5-17)15-23-28-25(32-29-23)30-12-10-21(11-13-30)16-26-24(31)27-22-9-6-18(2)14-19(22)3/h4-9,14,21H,10-13,15-16H2,1-3H3,(H2,26,27,31). The molecule has 0 spiro atoms. The summed E-state index contributed by atoms with van der Waals surface area (Å²) in [6, 6.07) is 14.5. The van der Waals surface area contributed by atoms with Crippen molar-refractivity contribution < 1.29 is 4.79 Å². The molecule has 3 aromatic rings. The zero-order valence-corrected chi connectivity index (χ0v) is 19.8. The fourth-order valence-corrected chi connectivity index (χ4v) is 4.76. The van der Waals surface area contributed by atoms with Crippen molar-refractivity contribution in [2.24, 2.45) is 5.92 Å². The Morgan fingerprint density at radius 1 is 1.06 bits per heavy atom. The van der Waals surface area contributed by atoms with Crippen LogP contribution in [0.2, 0.25) is 0 Å². The second-order valence-electron chi connectivity index (χ2n) is 8.74. The van der Waals surface area contributed by atoms with Crippen LogP contribution in [0.15, 0.2) is 42.5 Å². The van der Waals surface area contributed by atoms with Gasteiger partial charge in [0.05, 0.1) is 0 Å². The lowest BCUT2D eigenvalue weighted by atomic mass is 9.97. The third-order valence-electron chi connectivity index (χ3n) is 6.01. The second-order valence-corrected chi connectivity index (χ2v) is 9.47. The van der Waals surface area contributed by atoms with Crippen LogP contribution < -0.4 is 15.5 Å². The first-order valence-corrected chi connectivity index (χ1v) is 12.0. The number of amides is 2. The number of carbonyl (C=O) groups is 1. The van der Waals surface area contributed by atoms with Crippen LogP contribution in [0, 0.1) is 26.7 Å². The second kappa shape index (κ2) is 10.1. The number of benzene rings is 2. The van der Waals surface area contributed by atoms with E-state index < -0.39 is 0 Å². The molecule has 0 unspecified atom stereocenters. The van der Waals surface area contributed by atoms with Gasteiger partial charge >= 0.3 is 6.03 Å². The summed E-state index contributed by atoms with van der Waals surface area (Å²) in [5.74, 6) is 1.37. The summed E-state index contributed by atoms with van der Waals surface area (Å²) in [6.07, 6.45) is 2.85. The number of hydrogen-bond donors (Lipinski definition) is 2. The molecule has 2 aromatic carbocycles. The maximum absolute atomic E-state index is 12.3. The van der Waals surface area contributed by atoms with Gasteiger partial charge in [-0.05, 0) is 56.7 Å². The average Bonchev–Trinajstić information content (AvgIpc) is 3.25. The van der Waals surface area contributed by atoms with E-state index in [0.717, 1.165) is 54.6 Å². The van der Waals surface area contributed by atoms with Crippen LogP contribution in [-0.2, 0) is 6.42 Å². The van der Waals surface area contributed by atoms with E-state index in [1.165, 1.54) is 28.2 Å². The first-order chi connectivity index (χ1) is 15.5. The highest BCUT2D eigenvalue weighted by Crippen LogP contribution is 2.25. The van der Waals surface area contributed by atoms with Crippen LogP contribution in [0.4, 0.5) is 15.6 Å². The fourth-order valence-electron chi connectivity index (χ4n) is 4.02. The molecule has 1 aromatic heterocycles. The fraction of sp³-hybridized carbons (Fsp3) is 0.400. The molecule has 1 saturated heterocycles. The third kappa shape index (κ3) is 5.85. The summed E-state index contributed by atoms with van der Waals surface area (Å²) in [6.45, 7) is 8.75. The van der Waals surface area contributed by atoms with E-state index in [0.29, 0.717) is 12.5 Å². The maximum atomic E-state index is 12.3. The molecule has 0 bridgehead atoms. The Balaban J connectivity index is 1.21. The largest absolute Gasteiger partial charge is 0.347 e. The smallest absolute Gasteiger partial charge is 0.319 e. The third-order valence-corrected chi connectivity index (χ3v) is 6.82. The van der Waals surface area contributed by atoms with E-state index >= 15 is 0 Å². The molecule has 2 N–H and O–H groups in total. The van der Waals surface area contributed by atoms with E-state index in [-0.39, 0.29) is 6.03 Å². The monoisotopic (exact) mass is 449 g/mol. The van der Waals surface area contributed by atoms with Crippen LogP contribution in [-0.4, -0.2) is 35.0 Å². The molecular formula is C25H31N5OS. The average molecular weight is 450 g/mol. The number of rotatable bonds is 6. The molecule has 1 aliphatic rings. The molecule has 0 radical (unpaired) electrons. The zero-order chi connectivity index (χ0) is 22.5. The zero-order valence-electron chi connectivity index (χ0n) is 19.0. The SMILES string of the molecule is Cc1ccc(Cc2nsc(N3CCC(CNC(=O)Nc4ccc(C)cc4C)CC3)n2)cc1. The molecule has 4 rings (SSSR count). The Morgan fingerprint density at radius 3 is 2.50 bits per heavy atom. The van der Waals surface area contributed by atoms with E-state index in [1.807, 2.05) is 19.1 Å². The normalized spacial score (nSPS) is 14.4. The predicted octanol–water partition coefficient (Wildman–Crippen LogP) is 5.09. The molecule has 0 aliphatic carbocycles. The van der Waals surface area contributed by atoms with Gasteiger partial charge in [0.25, 0.3) is 0 Å². The molecule has 2 amide bonds. The van der Waals surface area contributed by atoms with Crippen molar-refractivity contribution in [1.29, 1.82) is 0 Å². The highest BCUT2D eigenvalue weighted by Gasteiger charge is 2.22. The molecule has 32 heavy (non-hydrogen) atoms. The number of carbonyl (C=O) groups excluding carboxylic acids is 1. The molecule has 0 atom stereocenters. The molecule has 0 saturated carbocycles. The minimum atomic E-state index is -0.135. The van der Waals surface area contributed by atoms with Gasteiger partial charge in [-0.3, -0.25) is 0 Å². The van der Waals surface area contributed by atoms with Crippen LogP contribution in [0.1, 0.15) is 40.9 Å². The highest BCUT2D eigenvalue weighted by molar-refractivity contribution is 7.09. The number of nitrogens with zero attached hydrogens (tertiary/aromatic N) is 3. The summed E-state index contributed by atoms with van der Waals surface area (Å²) in [7, 11) is 0. The number of anilines is 2. The van der Waals surface area contributed by atoms with E-state index in [1.54, 1.807) is 0 Å². The van der Waals surface area contributed by atoms with E-state index in [9.17, 15) is 4.79 Å². The number of aromatic nitrogens is 2. The van der Waals surface area contributed by atoms with Gasteiger partial charge in [-0.2, -0.15) is 4.37 Å². The Labute approximate surface area is 194 Å². The van der Waals surface area contributed by atoms with Gasteiger partial charge in [-0.25, -0.2) is 9.78 Å². The first-order valence-electron chi connectivity index (χ1n) is 11.2. The number of hydrogen-bond acceptors (Lipinski definition) is 5. The van der Waals surface area contributed by atoms with E-state index in [4.69, 9.17) is 4.98 Å². The molecule has 168 valence electrons. The number of aryl methyl sites for hydroxylation is 3. The quantitative estimate of drug-likeness (QED) is 0.550. The van der Waals surface area contributed by atoms with Crippen LogP contribution in [0.5, 0.6) is 0 Å². The Morgan fingerprint density at radius 2 is 1.78 bits per heavy atom. The van der Waals surface area contributed by atoms with Crippen molar-refractivity contribution in [3.8, 4) is 0 Å². The van der Waals surface area contributed by atoms with Crippen LogP contribution in [0.3, 0.4) is 0 Å². The Bertz CT molecular complexity index is 1050. The predicted molar refractivity (Wildman–Crippen MR) is 132 cm³/mol. The summed E-state index contributed by atoms with van der Waals surface area (Å²) < 4.78 is 4.56. The lowest BCUT2D eigenvalue weighted by Crippen LogP contribution is -2.39. The number of piperidine rings is 1. The summed E-state index contributed by atoms with van der Waals surface area (Å²) in [5, 5.41) is 7.00. The number of urea groups is 1. The molecule has 7 heteroatoms. The van der Waals surface area contributed by atoms with Crippen molar-refractivity contribution in [3.63, 3.8) is 0 Å².